The van der Waals surface area contributed by atoms with E-state index in [1.54, 1.807) is 0 Å². The zero-order valence-electron chi connectivity index (χ0n) is 9.32. The molecule has 0 aromatic heterocycles. The first kappa shape index (κ1) is 11.5. The van der Waals surface area contributed by atoms with Gasteiger partial charge in [0.2, 0.25) is 5.91 Å². The van der Waals surface area contributed by atoms with Gasteiger partial charge in [0.25, 0.3) is 0 Å². The maximum Gasteiger partial charge on any atom is 0.248 e. The number of carbonyl (C=O) groups is 1. The van der Waals surface area contributed by atoms with E-state index in [1.807, 2.05) is 0 Å². The van der Waals surface area contributed by atoms with Gasteiger partial charge in [-0.15, -0.1) is 0 Å². The summed E-state index contributed by atoms with van der Waals surface area (Å²) in [5, 5.41) is 1.49. The smallest absolute Gasteiger partial charge is 0.248 e. The Bertz CT molecular complexity index is 195. The van der Waals surface area contributed by atoms with Gasteiger partial charge in [0.15, 0.2) is 0 Å². The molecule has 0 saturated carbocycles. The highest BCUT2D eigenvalue weighted by Crippen LogP contribution is 2.07. The van der Waals surface area contributed by atoms with Crippen molar-refractivity contribution in [1.82, 2.24) is 9.96 Å². The second kappa shape index (κ2) is 5.32. The molecule has 1 rings (SSSR count). The van der Waals surface area contributed by atoms with Gasteiger partial charge >= 0.3 is 0 Å². The second-order valence-electron chi connectivity index (χ2n) is 4.01. The van der Waals surface area contributed by atoms with Gasteiger partial charge in [-0.1, -0.05) is 0 Å². The van der Waals surface area contributed by atoms with Gasteiger partial charge in [-0.25, -0.2) is 5.06 Å². The summed E-state index contributed by atoms with van der Waals surface area (Å²) in [6, 6.07) is 0.560. The van der Waals surface area contributed by atoms with E-state index in [0.29, 0.717) is 19.1 Å². The predicted molar refractivity (Wildman–Crippen MR) is 54.7 cm³/mol. The fraction of sp³-hybridized carbons (Fsp3) is 0.900. The van der Waals surface area contributed by atoms with E-state index in [2.05, 4.69) is 25.8 Å². The first-order valence-electron chi connectivity index (χ1n) is 5.25. The summed E-state index contributed by atoms with van der Waals surface area (Å²) in [6.07, 6.45) is 1.51. The van der Waals surface area contributed by atoms with E-state index in [4.69, 9.17) is 4.84 Å². The van der Waals surface area contributed by atoms with Crippen molar-refractivity contribution < 1.29 is 9.63 Å². The van der Waals surface area contributed by atoms with E-state index in [-0.39, 0.29) is 5.91 Å². The van der Waals surface area contributed by atoms with Gasteiger partial charge in [-0.05, 0) is 33.9 Å². The number of carbonyl (C=O) groups excluding carboxylic acids is 1. The van der Waals surface area contributed by atoms with Crippen LogP contribution in [0.2, 0.25) is 0 Å². The highest BCUT2D eigenvalue weighted by Gasteiger charge is 2.20. The highest BCUT2D eigenvalue weighted by atomic mass is 16.7. The molecule has 0 radical (unpaired) electrons. The molecule has 0 aromatic carbocycles. The Morgan fingerprint density at radius 1 is 1.57 bits per heavy atom. The van der Waals surface area contributed by atoms with Crippen LogP contribution >= 0.6 is 0 Å². The van der Waals surface area contributed by atoms with Crippen molar-refractivity contribution in [2.45, 2.75) is 32.7 Å². The molecule has 0 N–H and O–H groups in total. The number of rotatable bonds is 5. The van der Waals surface area contributed by atoms with Gasteiger partial charge in [0.05, 0.1) is 13.0 Å². The Morgan fingerprint density at radius 2 is 2.29 bits per heavy atom. The Morgan fingerprint density at radius 3 is 2.79 bits per heavy atom. The topological polar surface area (TPSA) is 32.8 Å². The number of amides is 1. The van der Waals surface area contributed by atoms with Gasteiger partial charge in [0.1, 0.15) is 0 Å². The number of hydrogen-bond acceptors (Lipinski definition) is 3. The Kier molecular flexibility index (Phi) is 4.35. The second-order valence-corrected chi connectivity index (χ2v) is 4.01. The van der Waals surface area contributed by atoms with Crippen molar-refractivity contribution in [2.75, 3.05) is 26.7 Å². The lowest BCUT2D eigenvalue weighted by Gasteiger charge is -2.22. The molecule has 0 unspecified atom stereocenters. The summed E-state index contributed by atoms with van der Waals surface area (Å²) in [4.78, 5) is 18.6. The summed E-state index contributed by atoms with van der Waals surface area (Å²) in [5.41, 5.74) is 0. The molecule has 0 atom stereocenters. The molecular weight excluding hydrogens is 180 g/mol. The molecule has 1 saturated heterocycles. The molecule has 1 aliphatic rings. The van der Waals surface area contributed by atoms with Crippen molar-refractivity contribution in [1.29, 1.82) is 0 Å². The van der Waals surface area contributed by atoms with Crippen molar-refractivity contribution >= 4 is 5.91 Å². The molecule has 1 heterocycles. The fourth-order valence-corrected chi connectivity index (χ4v) is 1.35. The largest absolute Gasteiger partial charge is 0.304 e. The maximum absolute atomic E-state index is 11.2. The minimum absolute atomic E-state index is 0.122. The Balaban J connectivity index is 2.12. The van der Waals surface area contributed by atoms with Crippen LogP contribution in [0, 0.1) is 0 Å². The lowest BCUT2D eigenvalue weighted by molar-refractivity contribution is -0.161. The monoisotopic (exact) mass is 200 g/mol. The van der Waals surface area contributed by atoms with Crippen LogP contribution < -0.4 is 0 Å². The van der Waals surface area contributed by atoms with Crippen LogP contribution in [0.15, 0.2) is 0 Å². The van der Waals surface area contributed by atoms with Crippen molar-refractivity contribution in [2.24, 2.45) is 0 Å². The number of hydroxylamine groups is 2. The molecule has 1 fully saturated rings. The summed E-state index contributed by atoms with van der Waals surface area (Å²) < 4.78 is 0. The minimum Gasteiger partial charge on any atom is -0.304 e. The first-order valence-corrected chi connectivity index (χ1v) is 5.25. The van der Waals surface area contributed by atoms with Gasteiger partial charge < -0.3 is 4.90 Å². The van der Waals surface area contributed by atoms with Gasteiger partial charge in [-0.2, -0.15) is 0 Å². The third kappa shape index (κ3) is 3.27. The summed E-state index contributed by atoms with van der Waals surface area (Å²) in [5.74, 6) is 0.122. The molecule has 1 aliphatic heterocycles. The normalized spacial score (nSPS) is 17.5. The fourth-order valence-electron chi connectivity index (χ4n) is 1.35. The van der Waals surface area contributed by atoms with Crippen LogP contribution in [-0.2, 0) is 9.63 Å². The van der Waals surface area contributed by atoms with Gasteiger partial charge in [0, 0.05) is 12.6 Å². The molecular formula is C10H20N2O2. The van der Waals surface area contributed by atoms with Crippen LogP contribution in [0.1, 0.15) is 26.7 Å². The zero-order valence-corrected chi connectivity index (χ0v) is 9.32. The average molecular weight is 200 g/mol. The zero-order chi connectivity index (χ0) is 10.6. The summed E-state index contributed by atoms with van der Waals surface area (Å²) >= 11 is 0. The lowest BCUT2D eigenvalue weighted by Crippen LogP contribution is -2.31. The van der Waals surface area contributed by atoms with E-state index in [9.17, 15) is 4.79 Å². The molecule has 1 amide bonds. The highest BCUT2D eigenvalue weighted by molar-refractivity contribution is 5.76. The molecule has 4 heteroatoms. The van der Waals surface area contributed by atoms with E-state index >= 15 is 0 Å². The molecule has 0 aromatic rings. The standard InChI is InChI=1S/C10H20N2O2/c1-9(2)11(3)6-4-7-12-10(13)5-8-14-12/h9H,4-8H2,1-3H3. The van der Waals surface area contributed by atoms with E-state index in [0.717, 1.165) is 19.5 Å². The third-order valence-corrected chi connectivity index (χ3v) is 2.59. The minimum atomic E-state index is 0.122. The lowest BCUT2D eigenvalue weighted by atomic mass is 10.3. The van der Waals surface area contributed by atoms with Crippen molar-refractivity contribution in [3.05, 3.63) is 0 Å². The van der Waals surface area contributed by atoms with Gasteiger partial charge in [-0.3, -0.25) is 9.63 Å². The van der Waals surface area contributed by atoms with E-state index < -0.39 is 0 Å². The molecule has 82 valence electrons. The van der Waals surface area contributed by atoms with E-state index in [1.165, 1.54) is 5.06 Å². The van der Waals surface area contributed by atoms with Crippen molar-refractivity contribution in [3.63, 3.8) is 0 Å². The van der Waals surface area contributed by atoms with Crippen LogP contribution in [0.4, 0.5) is 0 Å². The quantitative estimate of drug-likeness (QED) is 0.660. The summed E-state index contributed by atoms with van der Waals surface area (Å²) in [7, 11) is 2.09. The first-order chi connectivity index (χ1) is 6.61. The maximum atomic E-state index is 11.2. The molecule has 0 bridgehead atoms. The third-order valence-electron chi connectivity index (χ3n) is 2.59. The predicted octanol–water partition coefficient (Wildman–Crippen LogP) is 0.881. The summed E-state index contributed by atoms with van der Waals surface area (Å²) in [6.45, 7) is 6.61. The Hall–Kier alpha value is -0.610. The van der Waals surface area contributed by atoms with Crippen LogP contribution in [-0.4, -0.2) is 48.7 Å². The van der Waals surface area contributed by atoms with Crippen LogP contribution in [0.25, 0.3) is 0 Å². The van der Waals surface area contributed by atoms with Crippen LogP contribution in [0.5, 0.6) is 0 Å². The molecule has 0 spiro atoms. The molecule has 14 heavy (non-hydrogen) atoms. The number of nitrogens with zero attached hydrogens (tertiary/aromatic N) is 2. The SMILES string of the molecule is CC(C)N(C)CCCN1OCCC1=O. The molecule has 4 nitrogen and oxygen atoms in total. The van der Waals surface area contributed by atoms with Crippen molar-refractivity contribution in [3.8, 4) is 0 Å². The van der Waals surface area contributed by atoms with Crippen LogP contribution in [0.3, 0.4) is 0 Å². The molecule has 0 aliphatic carbocycles. The average Bonchev–Trinajstić information content (AvgIpc) is 2.51. The Labute approximate surface area is 85.8 Å². The number of hydrogen-bond donors (Lipinski definition) is 0.